The van der Waals surface area contributed by atoms with Crippen LogP contribution in [-0.4, -0.2) is 11.6 Å². The van der Waals surface area contributed by atoms with Crippen molar-refractivity contribution in [3.05, 3.63) is 58.6 Å². The third-order valence-electron chi connectivity index (χ3n) is 2.97. The van der Waals surface area contributed by atoms with Gasteiger partial charge in [-0.1, -0.05) is 35.7 Å². The van der Waals surface area contributed by atoms with Crippen molar-refractivity contribution in [2.75, 3.05) is 0 Å². The Labute approximate surface area is 136 Å². The molecular formula is C19H17ClO2. The molecule has 0 aromatic heterocycles. The summed E-state index contributed by atoms with van der Waals surface area (Å²) in [5, 5.41) is 0.599. The molecular weight excluding hydrogens is 296 g/mol. The molecule has 22 heavy (non-hydrogen) atoms. The molecule has 2 nitrogen and oxygen atoms in total. The SMILES string of the molecule is C#Cc1cc(Cl)ccc1-c1ccc(C(=O)OC(C)(C)C)cc1. The highest BCUT2D eigenvalue weighted by Crippen LogP contribution is 2.26. The molecule has 0 radical (unpaired) electrons. The van der Waals surface area contributed by atoms with Crippen LogP contribution in [0, 0.1) is 12.3 Å². The molecule has 0 aliphatic carbocycles. The third-order valence-corrected chi connectivity index (χ3v) is 3.20. The van der Waals surface area contributed by atoms with E-state index in [0.29, 0.717) is 10.6 Å². The van der Waals surface area contributed by atoms with E-state index in [9.17, 15) is 4.79 Å². The van der Waals surface area contributed by atoms with E-state index in [1.54, 1.807) is 24.3 Å². The topological polar surface area (TPSA) is 26.3 Å². The van der Waals surface area contributed by atoms with Gasteiger partial charge in [0.1, 0.15) is 5.60 Å². The van der Waals surface area contributed by atoms with Gasteiger partial charge < -0.3 is 4.74 Å². The molecule has 0 amide bonds. The van der Waals surface area contributed by atoms with Crippen molar-refractivity contribution in [3.8, 4) is 23.5 Å². The van der Waals surface area contributed by atoms with Crippen LogP contribution in [0.15, 0.2) is 42.5 Å². The van der Waals surface area contributed by atoms with E-state index in [-0.39, 0.29) is 5.97 Å². The Balaban J connectivity index is 2.30. The van der Waals surface area contributed by atoms with Crippen molar-refractivity contribution >= 4 is 17.6 Å². The summed E-state index contributed by atoms with van der Waals surface area (Å²) in [5.41, 5.74) is 2.55. The molecule has 2 rings (SSSR count). The van der Waals surface area contributed by atoms with Gasteiger partial charge in [-0.05, 0) is 56.2 Å². The maximum atomic E-state index is 12.0. The van der Waals surface area contributed by atoms with Crippen molar-refractivity contribution in [3.63, 3.8) is 0 Å². The van der Waals surface area contributed by atoms with Gasteiger partial charge in [-0.3, -0.25) is 0 Å². The van der Waals surface area contributed by atoms with E-state index in [4.69, 9.17) is 22.8 Å². The van der Waals surface area contributed by atoms with E-state index in [1.807, 2.05) is 39.0 Å². The summed E-state index contributed by atoms with van der Waals surface area (Å²) in [6.45, 7) is 5.52. The number of terminal acetylenes is 1. The van der Waals surface area contributed by atoms with Crippen LogP contribution in [0.3, 0.4) is 0 Å². The van der Waals surface area contributed by atoms with Crippen LogP contribution in [0.2, 0.25) is 5.02 Å². The summed E-state index contributed by atoms with van der Waals surface area (Å²) in [6, 6.07) is 12.6. The van der Waals surface area contributed by atoms with Crippen molar-refractivity contribution in [1.82, 2.24) is 0 Å². The van der Waals surface area contributed by atoms with E-state index in [0.717, 1.165) is 16.7 Å². The number of hydrogen-bond donors (Lipinski definition) is 0. The lowest BCUT2D eigenvalue weighted by Gasteiger charge is -2.19. The first kappa shape index (κ1) is 16.1. The molecule has 0 unspecified atom stereocenters. The number of carbonyl (C=O) groups is 1. The number of esters is 1. The van der Waals surface area contributed by atoms with Crippen LogP contribution >= 0.6 is 11.6 Å². The van der Waals surface area contributed by atoms with Gasteiger partial charge in [0, 0.05) is 10.6 Å². The van der Waals surface area contributed by atoms with Gasteiger partial charge in [0.15, 0.2) is 0 Å². The molecule has 0 spiro atoms. The van der Waals surface area contributed by atoms with Gasteiger partial charge in [-0.15, -0.1) is 6.42 Å². The molecule has 0 fully saturated rings. The van der Waals surface area contributed by atoms with E-state index in [2.05, 4.69) is 5.92 Å². The predicted molar refractivity (Wildman–Crippen MR) is 90.0 cm³/mol. The number of benzene rings is 2. The maximum Gasteiger partial charge on any atom is 0.338 e. The molecule has 2 aromatic rings. The second kappa shape index (κ2) is 6.25. The highest BCUT2D eigenvalue weighted by Gasteiger charge is 2.17. The van der Waals surface area contributed by atoms with Gasteiger partial charge in [0.05, 0.1) is 5.56 Å². The first-order chi connectivity index (χ1) is 10.3. The fourth-order valence-corrected chi connectivity index (χ4v) is 2.18. The number of hydrogen-bond acceptors (Lipinski definition) is 2. The lowest BCUT2D eigenvalue weighted by atomic mass is 9.99. The molecule has 2 aromatic carbocycles. The fourth-order valence-electron chi connectivity index (χ4n) is 2.01. The summed E-state index contributed by atoms with van der Waals surface area (Å²) in [5.74, 6) is 2.29. The predicted octanol–water partition coefficient (Wildman–Crippen LogP) is 4.94. The zero-order valence-corrected chi connectivity index (χ0v) is 13.6. The van der Waals surface area contributed by atoms with Crippen LogP contribution in [0.25, 0.3) is 11.1 Å². The number of ether oxygens (including phenoxy) is 1. The molecule has 0 N–H and O–H groups in total. The van der Waals surface area contributed by atoms with E-state index in [1.165, 1.54) is 0 Å². The van der Waals surface area contributed by atoms with Crippen molar-refractivity contribution in [1.29, 1.82) is 0 Å². The van der Waals surface area contributed by atoms with Gasteiger partial charge in [-0.2, -0.15) is 0 Å². The minimum Gasteiger partial charge on any atom is -0.456 e. The zero-order valence-electron chi connectivity index (χ0n) is 12.8. The second-order valence-electron chi connectivity index (χ2n) is 5.91. The Kier molecular flexibility index (Phi) is 4.59. The summed E-state index contributed by atoms with van der Waals surface area (Å²) < 4.78 is 5.34. The first-order valence-electron chi connectivity index (χ1n) is 6.90. The summed E-state index contributed by atoms with van der Waals surface area (Å²) in [4.78, 5) is 12.0. The number of halogens is 1. The maximum absolute atomic E-state index is 12.0. The molecule has 0 atom stereocenters. The summed E-state index contributed by atoms with van der Waals surface area (Å²) in [6.07, 6.45) is 5.52. The molecule has 112 valence electrons. The van der Waals surface area contributed by atoms with Crippen LogP contribution in [0.4, 0.5) is 0 Å². The average molecular weight is 313 g/mol. The minimum absolute atomic E-state index is 0.340. The van der Waals surface area contributed by atoms with Gasteiger partial charge in [0.25, 0.3) is 0 Å². The molecule has 0 saturated carbocycles. The molecule has 0 aliphatic heterocycles. The monoisotopic (exact) mass is 312 g/mol. The van der Waals surface area contributed by atoms with Crippen molar-refractivity contribution in [2.45, 2.75) is 26.4 Å². The number of rotatable bonds is 2. The Bertz CT molecular complexity index is 732. The number of carbonyl (C=O) groups excluding carboxylic acids is 1. The zero-order chi connectivity index (χ0) is 16.3. The van der Waals surface area contributed by atoms with Gasteiger partial charge in [-0.25, -0.2) is 4.79 Å². The molecule has 0 aliphatic rings. The Hall–Kier alpha value is -2.24. The molecule has 0 bridgehead atoms. The van der Waals surface area contributed by atoms with E-state index >= 15 is 0 Å². The van der Waals surface area contributed by atoms with E-state index < -0.39 is 5.60 Å². The molecule has 0 heterocycles. The van der Waals surface area contributed by atoms with Crippen LogP contribution in [0.5, 0.6) is 0 Å². The lowest BCUT2D eigenvalue weighted by molar-refractivity contribution is 0.00696. The van der Waals surface area contributed by atoms with Gasteiger partial charge in [0.2, 0.25) is 0 Å². The van der Waals surface area contributed by atoms with Crippen molar-refractivity contribution < 1.29 is 9.53 Å². The third kappa shape index (κ3) is 3.90. The first-order valence-corrected chi connectivity index (χ1v) is 7.28. The highest BCUT2D eigenvalue weighted by atomic mass is 35.5. The Morgan fingerprint density at radius 1 is 1.14 bits per heavy atom. The summed E-state index contributed by atoms with van der Waals surface area (Å²) >= 11 is 5.95. The second-order valence-corrected chi connectivity index (χ2v) is 6.35. The summed E-state index contributed by atoms with van der Waals surface area (Å²) in [7, 11) is 0. The largest absolute Gasteiger partial charge is 0.456 e. The van der Waals surface area contributed by atoms with Crippen LogP contribution in [0.1, 0.15) is 36.7 Å². The smallest absolute Gasteiger partial charge is 0.338 e. The lowest BCUT2D eigenvalue weighted by Crippen LogP contribution is -2.23. The molecule has 3 heteroatoms. The average Bonchev–Trinajstić information content (AvgIpc) is 2.45. The normalized spacial score (nSPS) is 10.9. The Morgan fingerprint density at radius 3 is 2.32 bits per heavy atom. The molecule has 0 saturated heterocycles. The minimum atomic E-state index is -0.511. The van der Waals surface area contributed by atoms with Gasteiger partial charge >= 0.3 is 5.97 Å². The van der Waals surface area contributed by atoms with Crippen LogP contribution < -0.4 is 0 Å². The fraction of sp³-hybridized carbons (Fsp3) is 0.211. The van der Waals surface area contributed by atoms with Crippen LogP contribution in [-0.2, 0) is 4.74 Å². The highest BCUT2D eigenvalue weighted by molar-refractivity contribution is 6.30. The quantitative estimate of drug-likeness (QED) is 0.579. The van der Waals surface area contributed by atoms with Crippen molar-refractivity contribution in [2.24, 2.45) is 0 Å². The Morgan fingerprint density at radius 2 is 1.77 bits per heavy atom. The standard InChI is InChI=1S/C19H17ClO2/c1-5-13-12-16(20)10-11-17(13)14-6-8-15(9-7-14)18(21)22-19(2,3)4/h1,6-12H,2-4H3.